The minimum atomic E-state index is 0.500. The molecule has 0 saturated carbocycles. The average Bonchev–Trinajstić information content (AvgIpc) is 2.30. The van der Waals surface area contributed by atoms with Gasteiger partial charge in [-0.1, -0.05) is 45.4 Å². The Labute approximate surface area is 107 Å². The van der Waals surface area contributed by atoms with Crippen LogP contribution in [-0.2, 0) is 0 Å². The van der Waals surface area contributed by atoms with Gasteiger partial charge in [-0.15, -0.1) is 0 Å². The van der Waals surface area contributed by atoms with E-state index in [1.807, 2.05) is 0 Å². The van der Waals surface area contributed by atoms with Crippen LogP contribution in [0.15, 0.2) is 18.2 Å². The van der Waals surface area contributed by atoms with Crippen molar-refractivity contribution in [3.05, 3.63) is 34.9 Å². The number of aryl methyl sites for hydroxylation is 1. The molecule has 1 aromatic rings. The molecule has 1 heteroatoms. The topological polar surface area (TPSA) is 12.0 Å². The maximum atomic E-state index is 3.65. The third kappa shape index (κ3) is 3.57. The molecule has 0 amide bonds. The SMILES string of the molecule is CCCC(C)C(NCC)c1cccc(C)c1C. The largest absolute Gasteiger partial charge is 0.310 e. The highest BCUT2D eigenvalue weighted by Crippen LogP contribution is 2.29. The number of benzene rings is 1. The third-order valence-corrected chi connectivity index (χ3v) is 3.72. The van der Waals surface area contributed by atoms with E-state index in [-0.39, 0.29) is 0 Å². The van der Waals surface area contributed by atoms with Gasteiger partial charge in [0.25, 0.3) is 0 Å². The Hall–Kier alpha value is -0.820. The molecule has 0 heterocycles. The fourth-order valence-corrected chi connectivity index (χ4v) is 2.57. The van der Waals surface area contributed by atoms with E-state index >= 15 is 0 Å². The highest BCUT2D eigenvalue weighted by atomic mass is 14.9. The van der Waals surface area contributed by atoms with Crippen LogP contribution in [-0.4, -0.2) is 6.54 Å². The summed E-state index contributed by atoms with van der Waals surface area (Å²) in [5, 5.41) is 3.65. The first kappa shape index (κ1) is 14.2. The first-order valence-electron chi connectivity index (χ1n) is 6.91. The Morgan fingerprint density at radius 3 is 2.47 bits per heavy atom. The van der Waals surface area contributed by atoms with Gasteiger partial charge in [-0.2, -0.15) is 0 Å². The Balaban J connectivity index is 3.00. The predicted octanol–water partition coefficient (Wildman–Crippen LogP) is 4.39. The van der Waals surface area contributed by atoms with Crippen LogP contribution in [0.25, 0.3) is 0 Å². The zero-order chi connectivity index (χ0) is 12.8. The highest BCUT2D eigenvalue weighted by molar-refractivity contribution is 5.35. The maximum Gasteiger partial charge on any atom is 0.0348 e. The molecule has 17 heavy (non-hydrogen) atoms. The van der Waals surface area contributed by atoms with Crippen molar-refractivity contribution in [2.75, 3.05) is 6.54 Å². The van der Waals surface area contributed by atoms with Crippen molar-refractivity contribution in [3.63, 3.8) is 0 Å². The van der Waals surface area contributed by atoms with E-state index in [1.165, 1.54) is 29.5 Å². The lowest BCUT2D eigenvalue weighted by Gasteiger charge is -2.27. The van der Waals surface area contributed by atoms with Gasteiger partial charge in [0.1, 0.15) is 0 Å². The molecule has 1 N–H and O–H groups in total. The summed E-state index contributed by atoms with van der Waals surface area (Å²) >= 11 is 0. The van der Waals surface area contributed by atoms with Crippen molar-refractivity contribution in [2.24, 2.45) is 5.92 Å². The van der Waals surface area contributed by atoms with Crippen molar-refractivity contribution in [1.82, 2.24) is 5.32 Å². The first-order valence-corrected chi connectivity index (χ1v) is 6.91. The van der Waals surface area contributed by atoms with Crippen LogP contribution >= 0.6 is 0 Å². The normalized spacial score (nSPS) is 14.6. The Bertz CT molecular complexity index is 343. The molecule has 0 spiro atoms. The Morgan fingerprint density at radius 2 is 1.88 bits per heavy atom. The third-order valence-electron chi connectivity index (χ3n) is 3.72. The number of rotatable bonds is 6. The van der Waals surface area contributed by atoms with Gasteiger partial charge >= 0.3 is 0 Å². The van der Waals surface area contributed by atoms with E-state index in [0.29, 0.717) is 12.0 Å². The summed E-state index contributed by atoms with van der Waals surface area (Å²) in [5.74, 6) is 0.695. The van der Waals surface area contributed by atoms with Gasteiger partial charge < -0.3 is 5.32 Å². The first-order chi connectivity index (χ1) is 8.11. The van der Waals surface area contributed by atoms with Gasteiger partial charge in [0.15, 0.2) is 0 Å². The lowest BCUT2D eigenvalue weighted by molar-refractivity contribution is 0.368. The molecule has 0 bridgehead atoms. The second-order valence-corrected chi connectivity index (χ2v) is 5.09. The van der Waals surface area contributed by atoms with Crippen LogP contribution in [0.5, 0.6) is 0 Å². The highest BCUT2D eigenvalue weighted by Gasteiger charge is 2.19. The van der Waals surface area contributed by atoms with Crippen molar-refractivity contribution >= 4 is 0 Å². The Kier molecular flexibility index (Phi) is 5.70. The second kappa shape index (κ2) is 6.80. The molecule has 2 unspecified atom stereocenters. The molecular weight excluding hydrogens is 206 g/mol. The smallest absolute Gasteiger partial charge is 0.0348 e. The molecule has 0 aliphatic heterocycles. The molecule has 96 valence electrons. The molecule has 1 aromatic carbocycles. The summed E-state index contributed by atoms with van der Waals surface area (Å²) in [6, 6.07) is 7.16. The van der Waals surface area contributed by atoms with E-state index < -0.39 is 0 Å². The van der Waals surface area contributed by atoms with Gasteiger partial charge in [-0.25, -0.2) is 0 Å². The number of hydrogen-bond donors (Lipinski definition) is 1. The van der Waals surface area contributed by atoms with Gasteiger partial charge in [0.05, 0.1) is 0 Å². The van der Waals surface area contributed by atoms with E-state index in [4.69, 9.17) is 0 Å². The molecule has 0 saturated heterocycles. The summed E-state index contributed by atoms with van der Waals surface area (Å²) in [5.41, 5.74) is 4.32. The molecule has 0 aromatic heterocycles. The van der Waals surface area contributed by atoms with Crippen LogP contribution in [0, 0.1) is 19.8 Å². The summed E-state index contributed by atoms with van der Waals surface area (Å²) in [4.78, 5) is 0. The van der Waals surface area contributed by atoms with Gasteiger partial charge in [-0.05, 0) is 49.4 Å². The molecule has 2 atom stereocenters. The Morgan fingerprint density at radius 1 is 1.18 bits per heavy atom. The lowest BCUT2D eigenvalue weighted by Crippen LogP contribution is -2.27. The fourth-order valence-electron chi connectivity index (χ4n) is 2.57. The fraction of sp³-hybridized carbons (Fsp3) is 0.625. The summed E-state index contributed by atoms with van der Waals surface area (Å²) in [7, 11) is 0. The van der Waals surface area contributed by atoms with Crippen LogP contribution < -0.4 is 5.32 Å². The van der Waals surface area contributed by atoms with E-state index in [9.17, 15) is 0 Å². The van der Waals surface area contributed by atoms with Crippen LogP contribution in [0.3, 0.4) is 0 Å². The zero-order valence-corrected chi connectivity index (χ0v) is 12.0. The summed E-state index contributed by atoms with van der Waals surface area (Å²) < 4.78 is 0. The van der Waals surface area contributed by atoms with E-state index in [0.717, 1.165) is 6.54 Å². The van der Waals surface area contributed by atoms with Gasteiger partial charge in [-0.3, -0.25) is 0 Å². The van der Waals surface area contributed by atoms with Crippen molar-refractivity contribution in [1.29, 1.82) is 0 Å². The standard InChI is InChI=1S/C16H27N/c1-6-9-13(4)16(17-7-2)15-11-8-10-12(3)14(15)5/h8,10-11,13,16-17H,6-7,9H2,1-5H3. The molecule has 0 radical (unpaired) electrons. The molecule has 1 nitrogen and oxygen atoms in total. The second-order valence-electron chi connectivity index (χ2n) is 5.09. The molecule has 0 fully saturated rings. The summed E-state index contributed by atoms with van der Waals surface area (Å²) in [6.07, 6.45) is 2.54. The number of nitrogens with one attached hydrogen (secondary N) is 1. The predicted molar refractivity (Wildman–Crippen MR) is 76.4 cm³/mol. The summed E-state index contributed by atoms with van der Waals surface area (Å²) in [6.45, 7) is 12.3. The van der Waals surface area contributed by atoms with Crippen LogP contribution in [0.4, 0.5) is 0 Å². The monoisotopic (exact) mass is 233 g/mol. The number of hydrogen-bond acceptors (Lipinski definition) is 1. The van der Waals surface area contributed by atoms with Crippen LogP contribution in [0.2, 0.25) is 0 Å². The van der Waals surface area contributed by atoms with Crippen molar-refractivity contribution in [2.45, 2.75) is 53.5 Å². The zero-order valence-electron chi connectivity index (χ0n) is 12.0. The molecule has 0 aliphatic carbocycles. The minimum absolute atomic E-state index is 0.500. The van der Waals surface area contributed by atoms with E-state index in [1.54, 1.807) is 0 Å². The maximum absolute atomic E-state index is 3.65. The van der Waals surface area contributed by atoms with Crippen LogP contribution in [0.1, 0.15) is 56.3 Å². The van der Waals surface area contributed by atoms with Gasteiger partial charge in [0, 0.05) is 6.04 Å². The minimum Gasteiger partial charge on any atom is -0.310 e. The van der Waals surface area contributed by atoms with Crippen molar-refractivity contribution in [3.8, 4) is 0 Å². The quantitative estimate of drug-likeness (QED) is 0.768. The molecular formula is C16H27N. The van der Waals surface area contributed by atoms with Crippen molar-refractivity contribution < 1.29 is 0 Å². The van der Waals surface area contributed by atoms with Gasteiger partial charge in [0.2, 0.25) is 0 Å². The molecule has 1 rings (SSSR count). The van der Waals surface area contributed by atoms with E-state index in [2.05, 4.69) is 58.1 Å². The average molecular weight is 233 g/mol. The molecule has 0 aliphatic rings. The lowest BCUT2D eigenvalue weighted by atomic mass is 9.87.